The van der Waals surface area contributed by atoms with E-state index in [4.69, 9.17) is 4.42 Å². The molecule has 0 saturated heterocycles. The van der Waals surface area contributed by atoms with Crippen molar-refractivity contribution in [2.45, 2.75) is 13.0 Å². The summed E-state index contributed by atoms with van der Waals surface area (Å²) < 4.78 is 5.33. The van der Waals surface area contributed by atoms with E-state index < -0.39 is 0 Å². The molecule has 2 aromatic rings. The van der Waals surface area contributed by atoms with Crippen LogP contribution in [-0.4, -0.2) is 38.1 Å². The molecule has 0 radical (unpaired) electrons. The summed E-state index contributed by atoms with van der Waals surface area (Å²) in [5.74, 6) is 2.61. The maximum atomic E-state index is 5.33. The molecule has 2 rings (SSSR count). The number of furan rings is 1. The Balaban J connectivity index is 1.93. The van der Waals surface area contributed by atoms with E-state index in [2.05, 4.69) is 27.2 Å². The van der Waals surface area contributed by atoms with E-state index >= 15 is 0 Å². The topological polar surface area (TPSA) is 65.7 Å². The van der Waals surface area contributed by atoms with E-state index in [0.29, 0.717) is 13.1 Å². The Morgan fingerprint density at radius 3 is 2.88 bits per heavy atom. The molecule has 24 heavy (non-hydrogen) atoms. The van der Waals surface area contributed by atoms with Crippen LogP contribution in [0.1, 0.15) is 11.5 Å². The van der Waals surface area contributed by atoms with Crippen LogP contribution in [0, 0.1) is 0 Å². The predicted molar refractivity (Wildman–Crippen MR) is 98.3 cm³/mol. The molecular formula is C18H25N5O. The van der Waals surface area contributed by atoms with Crippen molar-refractivity contribution in [3.63, 3.8) is 0 Å². The number of anilines is 1. The monoisotopic (exact) mass is 327 g/mol. The Kier molecular flexibility index (Phi) is 6.89. The lowest BCUT2D eigenvalue weighted by atomic mass is 10.3. The lowest BCUT2D eigenvalue weighted by Crippen LogP contribution is -2.38. The number of aliphatic imine (C=N–C) groups is 1. The third kappa shape index (κ3) is 5.79. The number of guanidine groups is 1. The summed E-state index contributed by atoms with van der Waals surface area (Å²) in [6, 6.07) is 9.81. The standard InChI is InChI=1S/C18H25N5O/c1-4-11-19-18(20-12-10-16-8-6-13-24-16)21-14-15-7-5-9-17(22-15)23(2)3/h4-9,13H,1,10-12,14H2,2-3H3,(H2,19,20,21). The molecular weight excluding hydrogens is 302 g/mol. The summed E-state index contributed by atoms with van der Waals surface area (Å²) in [6.07, 6.45) is 4.29. The average molecular weight is 327 g/mol. The molecule has 2 N–H and O–H groups in total. The van der Waals surface area contributed by atoms with Gasteiger partial charge in [-0.2, -0.15) is 0 Å². The summed E-state index contributed by atoms with van der Waals surface area (Å²) >= 11 is 0. The molecule has 0 aliphatic carbocycles. The Bertz CT molecular complexity index is 649. The number of hydrogen-bond donors (Lipinski definition) is 2. The first-order chi connectivity index (χ1) is 11.7. The molecule has 0 atom stereocenters. The van der Waals surface area contributed by atoms with Gasteiger partial charge in [0, 0.05) is 33.6 Å². The molecule has 0 aromatic carbocycles. The Labute approximate surface area is 143 Å². The molecule has 0 bridgehead atoms. The van der Waals surface area contributed by atoms with Gasteiger partial charge in [0.2, 0.25) is 0 Å². The van der Waals surface area contributed by atoms with E-state index in [1.165, 1.54) is 0 Å². The van der Waals surface area contributed by atoms with Crippen LogP contribution >= 0.6 is 0 Å². The van der Waals surface area contributed by atoms with Gasteiger partial charge in [-0.3, -0.25) is 0 Å². The van der Waals surface area contributed by atoms with Crippen molar-refractivity contribution < 1.29 is 4.42 Å². The maximum absolute atomic E-state index is 5.33. The minimum atomic E-state index is 0.509. The summed E-state index contributed by atoms with van der Waals surface area (Å²) in [6.45, 7) is 5.62. The van der Waals surface area contributed by atoms with Crippen LogP contribution in [-0.2, 0) is 13.0 Å². The van der Waals surface area contributed by atoms with E-state index in [-0.39, 0.29) is 0 Å². The van der Waals surface area contributed by atoms with Crippen molar-refractivity contribution in [3.05, 3.63) is 60.7 Å². The van der Waals surface area contributed by atoms with Crippen LogP contribution in [0.4, 0.5) is 5.82 Å². The van der Waals surface area contributed by atoms with E-state index in [9.17, 15) is 0 Å². The molecule has 128 valence electrons. The summed E-state index contributed by atoms with van der Waals surface area (Å²) in [5, 5.41) is 6.50. The van der Waals surface area contributed by atoms with Gasteiger partial charge in [-0.1, -0.05) is 12.1 Å². The predicted octanol–water partition coefficient (Wildman–Crippen LogP) is 2.20. The highest BCUT2D eigenvalue weighted by molar-refractivity contribution is 5.79. The fourth-order valence-electron chi connectivity index (χ4n) is 2.07. The lowest BCUT2D eigenvalue weighted by Gasteiger charge is -2.13. The SMILES string of the molecule is C=CCNC(=NCc1cccc(N(C)C)n1)NCCc1ccco1. The fraction of sp³-hybridized carbons (Fsp3) is 0.333. The smallest absolute Gasteiger partial charge is 0.191 e. The minimum absolute atomic E-state index is 0.509. The van der Waals surface area contributed by atoms with Gasteiger partial charge in [-0.25, -0.2) is 9.98 Å². The van der Waals surface area contributed by atoms with Gasteiger partial charge in [0.05, 0.1) is 18.5 Å². The summed E-state index contributed by atoms with van der Waals surface area (Å²) in [5.41, 5.74) is 0.923. The van der Waals surface area contributed by atoms with Crippen LogP contribution in [0.2, 0.25) is 0 Å². The number of rotatable bonds is 8. The quantitative estimate of drug-likeness (QED) is 0.442. The average Bonchev–Trinajstić information content (AvgIpc) is 3.10. The first-order valence-corrected chi connectivity index (χ1v) is 7.97. The zero-order valence-corrected chi connectivity index (χ0v) is 14.3. The Hall–Kier alpha value is -2.76. The molecule has 0 aliphatic rings. The first-order valence-electron chi connectivity index (χ1n) is 7.97. The van der Waals surface area contributed by atoms with E-state index in [1.807, 2.05) is 49.3 Å². The lowest BCUT2D eigenvalue weighted by molar-refractivity contribution is 0.507. The van der Waals surface area contributed by atoms with Gasteiger partial charge in [0.25, 0.3) is 0 Å². The van der Waals surface area contributed by atoms with Crippen LogP contribution in [0.25, 0.3) is 0 Å². The minimum Gasteiger partial charge on any atom is -0.469 e. The van der Waals surface area contributed by atoms with Crippen molar-refractivity contribution in [1.82, 2.24) is 15.6 Å². The molecule has 2 heterocycles. The molecule has 0 spiro atoms. The molecule has 0 saturated carbocycles. The third-order valence-corrected chi connectivity index (χ3v) is 3.31. The molecule has 0 unspecified atom stereocenters. The first kappa shape index (κ1) is 17.6. The molecule has 6 heteroatoms. The van der Waals surface area contributed by atoms with Gasteiger partial charge < -0.3 is 20.0 Å². The van der Waals surface area contributed by atoms with Gasteiger partial charge in [0.15, 0.2) is 5.96 Å². The van der Waals surface area contributed by atoms with Crippen molar-refractivity contribution in [2.24, 2.45) is 4.99 Å². The van der Waals surface area contributed by atoms with Crippen LogP contribution < -0.4 is 15.5 Å². The zero-order valence-electron chi connectivity index (χ0n) is 14.3. The van der Waals surface area contributed by atoms with Crippen molar-refractivity contribution in [3.8, 4) is 0 Å². The number of nitrogens with zero attached hydrogens (tertiary/aromatic N) is 3. The third-order valence-electron chi connectivity index (χ3n) is 3.31. The van der Waals surface area contributed by atoms with Gasteiger partial charge in [-0.05, 0) is 24.3 Å². The van der Waals surface area contributed by atoms with Crippen molar-refractivity contribution in [1.29, 1.82) is 0 Å². The number of pyridine rings is 1. The largest absolute Gasteiger partial charge is 0.469 e. The zero-order chi connectivity index (χ0) is 17.2. The second-order valence-corrected chi connectivity index (χ2v) is 5.47. The highest BCUT2D eigenvalue weighted by Crippen LogP contribution is 2.08. The maximum Gasteiger partial charge on any atom is 0.191 e. The van der Waals surface area contributed by atoms with Crippen molar-refractivity contribution in [2.75, 3.05) is 32.1 Å². The molecule has 2 aromatic heterocycles. The molecule has 6 nitrogen and oxygen atoms in total. The summed E-state index contributed by atoms with van der Waals surface area (Å²) in [4.78, 5) is 11.1. The van der Waals surface area contributed by atoms with Crippen molar-refractivity contribution >= 4 is 11.8 Å². The van der Waals surface area contributed by atoms with Crippen LogP contribution in [0.3, 0.4) is 0 Å². The second kappa shape index (κ2) is 9.39. The second-order valence-electron chi connectivity index (χ2n) is 5.47. The number of aromatic nitrogens is 1. The Morgan fingerprint density at radius 1 is 1.29 bits per heavy atom. The van der Waals surface area contributed by atoms with Crippen LogP contribution in [0.15, 0.2) is 58.7 Å². The van der Waals surface area contributed by atoms with E-state index in [1.54, 1.807) is 12.3 Å². The number of hydrogen-bond acceptors (Lipinski definition) is 4. The van der Waals surface area contributed by atoms with Gasteiger partial charge >= 0.3 is 0 Å². The molecule has 0 aliphatic heterocycles. The van der Waals surface area contributed by atoms with Gasteiger partial charge in [0.1, 0.15) is 11.6 Å². The highest BCUT2D eigenvalue weighted by atomic mass is 16.3. The van der Waals surface area contributed by atoms with Crippen LogP contribution in [0.5, 0.6) is 0 Å². The molecule has 0 fully saturated rings. The summed E-state index contributed by atoms with van der Waals surface area (Å²) in [7, 11) is 3.95. The highest BCUT2D eigenvalue weighted by Gasteiger charge is 2.02. The Morgan fingerprint density at radius 2 is 2.17 bits per heavy atom. The fourth-order valence-corrected chi connectivity index (χ4v) is 2.07. The molecule has 0 amide bonds. The normalized spacial score (nSPS) is 11.2. The van der Waals surface area contributed by atoms with E-state index in [0.717, 1.165) is 36.2 Å². The van der Waals surface area contributed by atoms with Gasteiger partial charge in [-0.15, -0.1) is 6.58 Å². The number of nitrogens with one attached hydrogen (secondary N) is 2.